The lowest BCUT2D eigenvalue weighted by Gasteiger charge is -2.13. The van der Waals surface area contributed by atoms with Crippen molar-refractivity contribution < 1.29 is 30.8 Å². The summed E-state index contributed by atoms with van der Waals surface area (Å²) in [6, 6.07) is 5.34. The van der Waals surface area contributed by atoms with Gasteiger partial charge in [0.25, 0.3) is 10.0 Å². The number of nitrogens with one attached hydrogen (secondary N) is 2. The summed E-state index contributed by atoms with van der Waals surface area (Å²) in [5, 5.41) is 0.313. The van der Waals surface area contributed by atoms with Crippen molar-refractivity contribution in [2.75, 3.05) is 4.72 Å². The van der Waals surface area contributed by atoms with Crippen molar-refractivity contribution in [3.05, 3.63) is 88.8 Å². The van der Waals surface area contributed by atoms with Gasteiger partial charge in [0.1, 0.15) is 23.1 Å². The lowest BCUT2D eigenvalue weighted by molar-refractivity contribution is 0.103. The third-order valence-corrected chi connectivity index (χ3v) is 6.08. The number of carbonyl (C=O) groups excluding carboxylic acids is 1. The van der Waals surface area contributed by atoms with Gasteiger partial charge < -0.3 is 4.98 Å². The Balaban J connectivity index is 1.80. The zero-order chi connectivity index (χ0) is 23.2. The summed E-state index contributed by atoms with van der Waals surface area (Å²) in [6.07, 6.45) is 2.76. The normalized spacial score (nSPS) is 11.7. The number of pyridine rings is 1. The van der Waals surface area contributed by atoms with Crippen molar-refractivity contribution in [2.24, 2.45) is 0 Å². The van der Waals surface area contributed by atoms with Gasteiger partial charge in [0, 0.05) is 23.3 Å². The Bertz CT molecular complexity index is 1480. The van der Waals surface area contributed by atoms with E-state index in [1.54, 1.807) is 17.7 Å². The van der Waals surface area contributed by atoms with Gasteiger partial charge in [-0.2, -0.15) is 0 Å². The number of sulfonamides is 1. The Hall–Kier alpha value is -3.73. The molecule has 2 aromatic carbocycles. The van der Waals surface area contributed by atoms with Crippen molar-refractivity contribution in [1.82, 2.24) is 9.97 Å². The second kappa shape index (κ2) is 7.75. The largest absolute Gasteiger partial charge is 0.345 e. The van der Waals surface area contributed by atoms with Crippen LogP contribution in [0.1, 0.15) is 21.5 Å². The van der Waals surface area contributed by atoms with Crippen LogP contribution >= 0.6 is 0 Å². The number of nitrogens with zero attached hydrogens (tertiary/aromatic N) is 1. The zero-order valence-corrected chi connectivity index (χ0v) is 17.0. The first-order valence-electron chi connectivity index (χ1n) is 9.03. The van der Waals surface area contributed by atoms with E-state index in [0.29, 0.717) is 40.9 Å². The Labute approximate surface area is 179 Å². The molecule has 0 amide bonds. The van der Waals surface area contributed by atoms with Gasteiger partial charge in [0.05, 0.1) is 11.3 Å². The highest BCUT2D eigenvalue weighted by Gasteiger charge is 2.29. The molecule has 0 saturated carbocycles. The second-order valence-corrected chi connectivity index (χ2v) is 8.50. The van der Waals surface area contributed by atoms with E-state index in [-0.39, 0.29) is 5.56 Å². The van der Waals surface area contributed by atoms with Gasteiger partial charge in [0.15, 0.2) is 10.7 Å². The summed E-state index contributed by atoms with van der Waals surface area (Å²) < 4.78 is 84.0. The van der Waals surface area contributed by atoms with Gasteiger partial charge in [-0.25, -0.2) is 31.0 Å². The van der Waals surface area contributed by atoms with Crippen LogP contribution in [0, 0.1) is 30.2 Å². The number of benzene rings is 2. The third-order valence-electron chi connectivity index (χ3n) is 4.66. The van der Waals surface area contributed by atoms with Gasteiger partial charge >= 0.3 is 0 Å². The molecule has 0 fully saturated rings. The average molecular weight is 463 g/mol. The number of halogens is 4. The number of aromatic nitrogens is 2. The van der Waals surface area contributed by atoms with Crippen molar-refractivity contribution in [2.45, 2.75) is 11.8 Å². The number of anilines is 1. The van der Waals surface area contributed by atoms with Crippen LogP contribution in [0.2, 0.25) is 0 Å². The highest BCUT2D eigenvalue weighted by molar-refractivity contribution is 7.92. The van der Waals surface area contributed by atoms with Crippen LogP contribution in [0.25, 0.3) is 11.0 Å². The first kappa shape index (κ1) is 21.5. The second-order valence-electron chi connectivity index (χ2n) is 6.88. The van der Waals surface area contributed by atoms with Gasteiger partial charge in [-0.3, -0.25) is 9.52 Å². The summed E-state index contributed by atoms with van der Waals surface area (Å²) in [5.74, 6) is -6.67. The molecule has 2 aromatic heterocycles. The average Bonchev–Trinajstić information content (AvgIpc) is 3.13. The molecule has 0 radical (unpaired) electrons. The Morgan fingerprint density at radius 2 is 1.72 bits per heavy atom. The van der Waals surface area contributed by atoms with Crippen molar-refractivity contribution >= 4 is 32.5 Å². The molecule has 0 spiro atoms. The molecule has 11 heteroatoms. The first-order chi connectivity index (χ1) is 15.1. The van der Waals surface area contributed by atoms with Crippen LogP contribution in [0.15, 0.2) is 53.7 Å². The minimum absolute atomic E-state index is 0.0887. The summed E-state index contributed by atoms with van der Waals surface area (Å²) >= 11 is 0. The fraction of sp³-hybridized carbons (Fsp3) is 0.0476. The SMILES string of the molecule is Cc1cnc2[nH]cc(C(=O)c3c(F)ccc(NS(=O)(=O)c4c(F)cccc4F)c3F)c2c1. The topological polar surface area (TPSA) is 91.9 Å². The van der Waals surface area contributed by atoms with Crippen LogP contribution < -0.4 is 4.72 Å². The molecule has 0 bridgehead atoms. The Morgan fingerprint density at radius 1 is 1.03 bits per heavy atom. The van der Waals surface area contributed by atoms with Gasteiger partial charge in [0.2, 0.25) is 5.78 Å². The van der Waals surface area contributed by atoms with E-state index in [1.807, 2.05) is 0 Å². The molecule has 4 aromatic rings. The molecule has 2 N–H and O–H groups in total. The van der Waals surface area contributed by atoms with Gasteiger partial charge in [-0.1, -0.05) is 6.07 Å². The molecule has 4 rings (SSSR count). The van der Waals surface area contributed by atoms with Crippen LogP contribution in [0.4, 0.5) is 23.2 Å². The molecule has 0 aliphatic rings. The maximum atomic E-state index is 15.1. The lowest BCUT2D eigenvalue weighted by atomic mass is 10.0. The van der Waals surface area contributed by atoms with Crippen molar-refractivity contribution in [3.8, 4) is 0 Å². The monoisotopic (exact) mass is 463 g/mol. The molecule has 0 unspecified atom stereocenters. The molecule has 6 nitrogen and oxygen atoms in total. The highest BCUT2D eigenvalue weighted by Crippen LogP contribution is 2.29. The zero-order valence-electron chi connectivity index (χ0n) is 16.2. The maximum Gasteiger partial charge on any atom is 0.267 e. The number of fused-ring (bicyclic) bond motifs is 1. The van der Waals surface area contributed by atoms with E-state index < -0.39 is 55.2 Å². The number of aryl methyl sites for hydroxylation is 1. The lowest BCUT2D eigenvalue weighted by Crippen LogP contribution is -2.18. The molecular formula is C21H13F4N3O3S. The van der Waals surface area contributed by atoms with Crippen LogP contribution in [0.5, 0.6) is 0 Å². The molecule has 0 saturated heterocycles. The van der Waals surface area contributed by atoms with Gasteiger partial charge in [-0.05, 0) is 42.8 Å². The molecule has 0 aliphatic carbocycles. The van der Waals surface area contributed by atoms with E-state index in [9.17, 15) is 26.4 Å². The number of carbonyl (C=O) groups is 1. The molecule has 2 heterocycles. The van der Waals surface area contributed by atoms with E-state index in [4.69, 9.17) is 0 Å². The molecule has 164 valence electrons. The number of rotatable bonds is 5. The van der Waals surface area contributed by atoms with E-state index >= 15 is 4.39 Å². The summed E-state index contributed by atoms with van der Waals surface area (Å²) in [5.41, 5.74) is -0.977. The number of H-pyrrole nitrogens is 1. The quantitative estimate of drug-likeness (QED) is 0.338. The standard InChI is InChI=1S/C21H13F4N3O3S/c1-10-7-11-12(9-27-21(11)26-8-10)19(29)17-13(22)5-6-16(18(17)25)28-32(30,31)20-14(23)3-2-4-15(20)24/h2-9,28H,1H3,(H,26,27). The predicted octanol–water partition coefficient (Wildman–Crippen LogP) is 4.46. The van der Waals surface area contributed by atoms with Crippen LogP contribution in [0.3, 0.4) is 0 Å². The summed E-state index contributed by atoms with van der Waals surface area (Å²) in [4.78, 5) is 18.4. The third kappa shape index (κ3) is 3.60. The number of hydrogen-bond donors (Lipinski definition) is 2. The fourth-order valence-electron chi connectivity index (χ4n) is 3.20. The number of aromatic amines is 1. The maximum absolute atomic E-state index is 15.1. The minimum atomic E-state index is -4.94. The minimum Gasteiger partial charge on any atom is -0.345 e. The fourth-order valence-corrected chi connectivity index (χ4v) is 4.40. The van der Waals surface area contributed by atoms with Crippen molar-refractivity contribution in [1.29, 1.82) is 0 Å². The van der Waals surface area contributed by atoms with E-state index in [0.717, 1.165) is 6.07 Å². The van der Waals surface area contributed by atoms with Gasteiger partial charge in [-0.15, -0.1) is 0 Å². The van der Waals surface area contributed by atoms with Crippen LogP contribution in [-0.4, -0.2) is 24.2 Å². The number of hydrogen-bond acceptors (Lipinski definition) is 4. The van der Waals surface area contributed by atoms with E-state index in [2.05, 4.69) is 9.97 Å². The smallest absolute Gasteiger partial charge is 0.267 e. The number of ketones is 1. The molecule has 0 aliphatic heterocycles. The Kier molecular flexibility index (Phi) is 5.21. The van der Waals surface area contributed by atoms with Crippen LogP contribution in [-0.2, 0) is 10.0 Å². The van der Waals surface area contributed by atoms with E-state index in [1.165, 1.54) is 12.4 Å². The molecular weight excluding hydrogens is 450 g/mol. The highest BCUT2D eigenvalue weighted by atomic mass is 32.2. The molecule has 0 atom stereocenters. The summed E-state index contributed by atoms with van der Waals surface area (Å²) in [6.45, 7) is 1.71. The first-order valence-corrected chi connectivity index (χ1v) is 10.5. The Morgan fingerprint density at radius 3 is 2.41 bits per heavy atom. The predicted molar refractivity (Wildman–Crippen MR) is 108 cm³/mol. The molecule has 32 heavy (non-hydrogen) atoms. The van der Waals surface area contributed by atoms with Crippen molar-refractivity contribution in [3.63, 3.8) is 0 Å². The summed E-state index contributed by atoms with van der Waals surface area (Å²) in [7, 11) is -4.94.